The smallest absolute Gasteiger partial charge is 0.0640 e. The maximum Gasteiger partial charge on any atom is 0.0640 e. The molecule has 4 heteroatoms. The third kappa shape index (κ3) is 4.82. The van der Waals surface area contributed by atoms with Crippen LogP contribution in [0.4, 0.5) is 0 Å². The Hall–Kier alpha value is -0.870. The lowest BCUT2D eigenvalue weighted by atomic mass is 9.96. The quantitative estimate of drug-likeness (QED) is 0.760. The molecule has 0 saturated carbocycles. The molecule has 1 N–H and O–H groups in total. The van der Waals surface area contributed by atoms with E-state index in [-0.39, 0.29) is 0 Å². The second-order valence-electron chi connectivity index (χ2n) is 6.18. The first-order valence-corrected chi connectivity index (χ1v) is 8.61. The van der Waals surface area contributed by atoms with E-state index in [1.807, 2.05) is 0 Å². The zero-order valence-electron chi connectivity index (χ0n) is 13.8. The van der Waals surface area contributed by atoms with Gasteiger partial charge in [0.15, 0.2) is 0 Å². The predicted octanol–water partition coefficient (Wildman–Crippen LogP) is 3.19. The first-order chi connectivity index (χ1) is 10.3. The van der Waals surface area contributed by atoms with Crippen LogP contribution >= 0.6 is 0 Å². The zero-order chi connectivity index (χ0) is 15.1. The maximum atomic E-state index is 5.50. The molecular formula is C17H31N3O. The summed E-state index contributed by atoms with van der Waals surface area (Å²) in [5, 5.41) is 8.41. The molecule has 0 aliphatic carbocycles. The lowest BCUT2D eigenvalue weighted by Crippen LogP contribution is -2.33. The lowest BCUT2D eigenvalue weighted by Gasteiger charge is -2.20. The summed E-state index contributed by atoms with van der Waals surface area (Å²) >= 11 is 0. The van der Waals surface area contributed by atoms with Crippen LogP contribution in [-0.4, -0.2) is 35.6 Å². The molecule has 0 spiro atoms. The normalized spacial score (nSPS) is 20.3. The van der Waals surface area contributed by atoms with Crippen molar-refractivity contribution in [1.29, 1.82) is 0 Å². The van der Waals surface area contributed by atoms with E-state index >= 15 is 0 Å². The summed E-state index contributed by atoms with van der Waals surface area (Å²) in [6.45, 7) is 9.54. The first-order valence-electron chi connectivity index (χ1n) is 8.61. The van der Waals surface area contributed by atoms with E-state index in [0.29, 0.717) is 12.1 Å². The van der Waals surface area contributed by atoms with Gasteiger partial charge in [0.1, 0.15) is 0 Å². The van der Waals surface area contributed by atoms with Gasteiger partial charge in [-0.15, -0.1) is 0 Å². The molecule has 0 aromatic carbocycles. The van der Waals surface area contributed by atoms with E-state index in [1.165, 1.54) is 18.5 Å². The van der Waals surface area contributed by atoms with Crippen molar-refractivity contribution in [1.82, 2.24) is 15.1 Å². The van der Waals surface area contributed by atoms with Crippen molar-refractivity contribution in [3.05, 3.63) is 18.0 Å². The standard InChI is InChI=1S/C17H31N3O/c1-4-17(5-2)20-9-7-15(19-20)12-16(18-6-3)11-14-8-10-21-13-14/h7,9,14,16-18H,4-6,8,10-13H2,1-3H3. The Balaban J connectivity index is 1.92. The van der Waals surface area contributed by atoms with Gasteiger partial charge in [0.2, 0.25) is 0 Å². The molecule has 0 radical (unpaired) electrons. The summed E-state index contributed by atoms with van der Waals surface area (Å²) in [5.74, 6) is 0.718. The van der Waals surface area contributed by atoms with Crippen LogP contribution in [0.5, 0.6) is 0 Å². The summed E-state index contributed by atoms with van der Waals surface area (Å²) in [5.41, 5.74) is 1.21. The van der Waals surface area contributed by atoms with Crippen molar-refractivity contribution in [2.45, 2.75) is 65.0 Å². The Morgan fingerprint density at radius 1 is 1.38 bits per heavy atom. The van der Waals surface area contributed by atoms with E-state index < -0.39 is 0 Å². The summed E-state index contributed by atoms with van der Waals surface area (Å²) in [6.07, 6.45) is 7.88. The zero-order valence-corrected chi connectivity index (χ0v) is 13.8. The van der Waals surface area contributed by atoms with Crippen molar-refractivity contribution in [3.63, 3.8) is 0 Å². The van der Waals surface area contributed by atoms with Crippen LogP contribution in [0.1, 0.15) is 58.2 Å². The Kier molecular flexibility index (Phi) is 6.71. The third-order valence-corrected chi connectivity index (χ3v) is 4.57. The number of aromatic nitrogens is 2. The van der Waals surface area contributed by atoms with Crippen molar-refractivity contribution >= 4 is 0 Å². The largest absolute Gasteiger partial charge is 0.381 e. The highest BCUT2D eigenvalue weighted by molar-refractivity contribution is 5.02. The highest BCUT2D eigenvalue weighted by Crippen LogP contribution is 2.20. The Morgan fingerprint density at radius 3 is 2.81 bits per heavy atom. The van der Waals surface area contributed by atoms with E-state index in [9.17, 15) is 0 Å². The number of hydrogen-bond donors (Lipinski definition) is 1. The van der Waals surface area contributed by atoms with E-state index in [1.54, 1.807) is 0 Å². The average Bonchev–Trinajstić information content (AvgIpc) is 3.13. The van der Waals surface area contributed by atoms with Gasteiger partial charge in [0, 0.05) is 31.9 Å². The minimum absolute atomic E-state index is 0.520. The van der Waals surface area contributed by atoms with Crippen LogP contribution in [0.2, 0.25) is 0 Å². The fraction of sp³-hybridized carbons (Fsp3) is 0.824. The Bertz CT molecular complexity index is 394. The lowest BCUT2D eigenvalue weighted by molar-refractivity contribution is 0.181. The number of rotatable bonds is 9. The van der Waals surface area contributed by atoms with Crippen LogP contribution in [0.3, 0.4) is 0 Å². The minimum Gasteiger partial charge on any atom is -0.381 e. The van der Waals surface area contributed by atoms with Gasteiger partial charge >= 0.3 is 0 Å². The molecule has 1 saturated heterocycles. The van der Waals surface area contributed by atoms with Crippen molar-refractivity contribution < 1.29 is 4.74 Å². The topological polar surface area (TPSA) is 39.1 Å². The molecule has 2 rings (SSSR count). The molecule has 4 nitrogen and oxygen atoms in total. The number of nitrogens with one attached hydrogen (secondary N) is 1. The monoisotopic (exact) mass is 293 g/mol. The molecule has 1 aromatic heterocycles. The van der Waals surface area contributed by atoms with Crippen LogP contribution in [0.15, 0.2) is 12.3 Å². The van der Waals surface area contributed by atoms with Crippen LogP contribution in [0, 0.1) is 5.92 Å². The molecule has 0 amide bonds. The van der Waals surface area contributed by atoms with Gasteiger partial charge in [0.05, 0.1) is 11.7 Å². The average molecular weight is 293 g/mol. The molecule has 0 bridgehead atoms. The third-order valence-electron chi connectivity index (χ3n) is 4.57. The molecule has 2 heterocycles. The van der Waals surface area contributed by atoms with Crippen LogP contribution < -0.4 is 5.32 Å². The molecule has 120 valence electrons. The summed E-state index contributed by atoms with van der Waals surface area (Å²) in [4.78, 5) is 0. The first kappa shape index (κ1) is 16.5. The second kappa shape index (κ2) is 8.54. The van der Waals surface area contributed by atoms with Crippen LogP contribution in [0.25, 0.3) is 0 Å². The van der Waals surface area contributed by atoms with Gasteiger partial charge in [-0.3, -0.25) is 4.68 Å². The van der Waals surface area contributed by atoms with Crippen molar-refractivity contribution in [2.75, 3.05) is 19.8 Å². The number of hydrogen-bond acceptors (Lipinski definition) is 3. The van der Waals surface area contributed by atoms with Gasteiger partial charge in [-0.1, -0.05) is 20.8 Å². The number of likely N-dealkylation sites (N-methyl/N-ethyl adjacent to an activating group) is 1. The maximum absolute atomic E-state index is 5.50. The highest BCUT2D eigenvalue weighted by Gasteiger charge is 2.21. The van der Waals surface area contributed by atoms with Gasteiger partial charge in [-0.25, -0.2) is 0 Å². The summed E-state index contributed by atoms with van der Waals surface area (Å²) < 4.78 is 7.65. The Labute approximate surface area is 129 Å². The molecule has 2 unspecified atom stereocenters. The van der Waals surface area contributed by atoms with Gasteiger partial charge in [0.25, 0.3) is 0 Å². The molecule has 1 aliphatic heterocycles. The fourth-order valence-electron chi connectivity index (χ4n) is 3.30. The highest BCUT2D eigenvalue weighted by atomic mass is 16.5. The predicted molar refractivity (Wildman–Crippen MR) is 86.6 cm³/mol. The Morgan fingerprint density at radius 2 is 2.19 bits per heavy atom. The second-order valence-corrected chi connectivity index (χ2v) is 6.18. The molecule has 21 heavy (non-hydrogen) atoms. The van der Waals surface area contributed by atoms with E-state index in [4.69, 9.17) is 9.84 Å². The summed E-state index contributed by atoms with van der Waals surface area (Å²) in [6, 6.07) is 3.25. The van der Waals surface area contributed by atoms with Crippen molar-refractivity contribution in [3.8, 4) is 0 Å². The van der Waals surface area contributed by atoms with E-state index in [2.05, 4.69) is 43.0 Å². The number of nitrogens with zero attached hydrogens (tertiary/aromatic N) is 2. The van der Waals surface area contributed by atoms with Gasteiger partial charge in [-0.05, 0) is 44.2 Å². The molecule has 2 atom stereocenters. The van der Waals surface area contributed by atoms with Crippen LogP contribution in [-0.2, 0) is 11.2 Å². The number of ether oxygens (including phenoxy) is 1. The fourth-order valence-corrected chi connectivity index (χ4v) is 3.30. The molecular weight excluding hydrogens is 262 g/mol. The SMILES string of the molecule is CCNC(Cc1ccn(C(CC)CC)n1)CC1CCOC1. The minimum atomic E-state index is 0.520. The molecule has 1 fully saturated rings. The summed E-state index contributed by atoms with van der Waals surface area (Å²) in [7, 11) is 0. The van der Waals surface area contributed by atoms with Crippen molar-refractivity contribution in [2.24, 2.45) is 5.92 Å². The molecule has 1 aliphatic rings. The van der Waals surface area contributed by atoms with Gasteiger partial charge < -0.3 is 10.1 Å². The van der Waals surface area contributed by atoms with Gasteiger partial charge in [-0.2, -0.15) is 5.10 Å². The van der Waals surface area contributed by atoms with E-state index in [0.717, 1.165) is 44.9 Å². The molecule has 1 aromatic rings.